The maximum Gasteiger partial charge on any atom is 0.255 e. The van der Waals surface area contributed by atoms with E-state index < -0.39 is 6.04 Å². The highest BCUT2D eigenvalue weighted by atomic mass is 32.2. The van der Waals surface area contributed by atoms with Gasteiger partial charge in [-0.25, -0.2) is 0 Å². The molecular weight excluding hydrogens is 364 g/mol. The van der Waals surface area contributed by atoms with Crippen LogP contribution in [0.2, 0.25) is 0 Å². The maximum atomic E-state index is 12.8. The lowest BCUT2D eigenvalue weighted by atomic mass is 10.1. The Morgan fingerprint density at radius 2 is 1.93 bits per heavy atom. The molecule has 1 N–H and O–H groups in total. The van der Waals surface area contributed by atoms with Crippen molar-refractivity contribution in [3.8, 4) is 11.5 Å². The van der Waals surface area contributed by atoms with Gasteiger partial charge >= 0.3 is 0 Å². The molecule has 0 aromatic heterocycles. The molecule has 27 heavy (non-hydrogen) atoms. The van der Waals surface area contributed by atoms with Crippen molar-refractivity contribution < 1.29 is 19.1 Å². The van der Waals surface area contributed by atoms with E-state index >= 15 is 0 Å². The van der Waals surface area contributed by atoms with Crippen molar-refractivity contribution in [1.82, 2.24) is 10.2 Å². The summed E-state index contributed by atoms with van der Waals surface area (Å²) >= 11 is 1.59. The average molecular weight is 384 g/mol. The number of amides is 2. The SMILES string of the molecule is CC(NC(=O)C1CSCN1C(=O)c1ccccc1)c1ccc2c(c1)OCO2. The zero-order valence-electron chi connectivity index (χ0n) is 14.9. The number of carbonyl (C=O) groups is 2. The lowest BCUT2D eigenvalue weighted by Crippen LogP contribution is -2.47. The molecule has 1 fully saturated rings. The standard InChI is InChI=1S/C20H20N2O4S/c1-13(15-7-8-17-18(9-15)26-12-25-17)21-19(23)16-10-27-11-22(16)20(24)14-5-3-2-4-6-14/h2-9,13,16H,10-12H2,1H3,(H,21,23). The van der Waals surface area contributed by atoms with Crippen molar-refractivity contribution in [2.24, 2.45) is 0 Å². The highest BCUT2D eigenvalue weighted by Gasteiger charge is 2.35. The minimum atomic E-state index is -0.473. The fourth-order valence-electron chi connectivity index (χ4n) is 3.18. The Balaban J connectivity index is 1.44. The lowest BCUT2D eigenvalue weighted by Gasteiger charge is -2.25. The number of rotatable bonds is 4. The van der Waals surface area contributed by atoms with Crippen LogP contribution >= 0.6 is 11.8 Å². The maximum absolute atomic E-state index is 12.8. The predicted molar refractivity (Wildman–Crippen MR) is 103 cm³/mol. The van der Waals surface area contributed by atoms with Crippen LogP contribution in [0.5, 0.6) is 11.5 Å². The Morgan fingerprint density at radius 1 is 1.15 bits per heavy atom. The van der Waals surface area contributed by atoms with Gasteiger partial charge in [0.15, 0.2) is 11.5 Å². The van der Waals surface area contributed by atoms with Crippen LogP contribution in [0.25, 0.3) is 0 Å². The number of hydrogen-bond acceptors (Lipinski definition) is 5. The van der Waals surface area contributed by atoms with Crippen LogP contribution in [-0.2, 0) is 4.79 Å². The van der Waals surface area contributed by atoms with E-state index in [1.54, 1.807) is 28.8 Å². The number of hydrogen-bond donors (Lipinski definition) is 1. The largest absolute Gasteiger partial charge is 0.454 e. The molecule has 2 heterocycles. The molecule has 4 rings (SSSR count). The molecule has 2 aliphatic rings. The molecule has 7 heteroatoms. The normalized spacial score (nSPS) is 19.0. The summed E-state index contributed by atoms with van der Waals surface area (Å²) in [6, 6.07) is 14.0. The number of benzene rings is 2. The second kappa shape index (κ2) is 7.52. The molecule has 0 radical (unpaired) electrons. The van der Waals surface area contributed by atoms with E-state index in [9.17, 15) is 9.59 Å². The Kier molecular flexibility index (Phi) is 4.94. The minimum Gasteiger partial charge on any atom is -0.454 e. The summed E-state index contributed by atoms with van der Waals surface area (Å²) in [6.45, 7) is 2.14. The average Bonchev–Trinajstić information content (AvgIpc) is 3.36. The van der Waals surface area contributed by atoms with Crippen molar-refractivity contribution >= 4 is 23.6 Å². The van der Waals surface area contributed by atoms with Crippen molar-refractivity contribution in [2.45, 2.75) is 19.0 Å². The first-order chi connectivity index (χ1) is 13.1. The van der Waals surface area contributed by atoms with Crippen LogP contribution in [0, 0.1) is 0 Å². The monoisotopic (exact) mass is 384 g/mol. The van der Waals surface area contributed by atoms with Gasteiger partial charge in [-0.1, -0.05) is 24.3 Å². The molecule has 2 aromatic carbocycles. The van der Waals surface area contributed by atoms with Gasteiger partial charge in [0.2, 0.25) is 12.7 Å². The molecule has 2 unspecified atom stereocenters. The van der Waals surface area contributed by atoms with Gasteiger partial charge in [0.25, 0.3) is 5.91 Å². The summed E-state index contributed by atoms with van der Waals surface area (Å²) in [7, 11) is 0. The van der Waals surface area contributed by atoms with E-state index in [2.05, 4.69) is 5.32 Å². The summed E-state index contributed by atoms with van der Waals surface area (Å²) in [6.07, 6.45) is 0. The minimum absolute atomic E-state index is 0.114. The van der Waals surface area contributed by atoms with Crippen LogP contribution in [0.3, 0.4) is 0 Å². The topological polar surface area (TPSA) is 67.9 Å². The molecule has 0 aliphatic carbocycles. The van der Waals surface area contributed by atoms with Crippen LogP contribution in [0.15, 0.2) is 48.5 Å². The highest BCUT2D eigenvalue weighted by Crippen LogP contribution is 2.34. The number of thioether (sulfide) groups is 1. The quantitative estimate of drug-likeness (QED) is 0.878. The molecule has 1 saturated heterocycles. The Labute approximate surface area is 161 Å². The number of nitrogens with one attached hydrogen (secondary N) is 1. The zero-order valence-corrected chi connectivity index (χ0v) is 15.7. The summed E-state index contributed by atoms with van der Waals surface area (Å²) < 4.78 is 10.7. The van der Waals surface area contributed by atoms with Crippen LogP contribution in [0.4, 0.5) is 0 Å². The molecule has 140 valence electrons. The molecule has 6 nitrogen and oxygen atoms in total. The van der Waals surface area contributed by atoms with Gasteiger partial charge < -0.3 is 19.7 Å². The molecule has 2 atom stereocenters. The summed E-state index contributed by atoms with van der Waals surface area (Å²) in [5.74, 6) is 2.25. The van der Waals surface area contributed by atoms with E-state index in [4.69, 9.17) is 9.47 Å². The van der Waals surface area contributed by atoms with Crippen molar-refractivity contribution in [3.05, 3.63) is 59.7 Å². The fourth-order valence-corrected chi connectivity index (χ4v) is 4.34. The van der Waals surface area contributed by atoms with E-state index in [1.807, 2.05) is 43.3 Å². The second-order valence-corrected chi connectivity index (χ2v) is 7.50. The van der Waals surface area contributed by atoms with Crippen LogP contribution in [-0.4, -0.2) is 41.2 Å². The summed E-state index contributed by atoms with van der Waals surface area (Å²) in [5, 5.41) is 3.02. The summed E-state index contributed by atoms with van der Waals surface area (Å²) in [4.78, 5) is 27.2. The van der Waals surface area contributed by atoms with Gasteiger partial charge in [-0.3, -0.25) is 9.59 Å². The molecule has 0 bridgehead atoms. The fraction of sp³-hybridized carbons (Fsp3) is 0.300. The van der Waals surface area contributed by atoms with Gasteiger partial charge in [-0.15, -0.1) is 11.8 Å². The van der Waals surface area contributed by atoms with Gasteiger partial charge in [0.05, 0.1) is 11.9 Å². The van der Waals surface area contributed by atoms with E-state index in [1.165, 1.54) is 0 Å². The Morgan fingerprint density at radius 3 is 2.74 bits per heavy atom. The molecular formula is C20H20N2O4S. The third-order valence-corrected chi connectivity index (χ3v) is 5.73. The smallest absolute Gasteiger partial charge is 0.255 e. The number of ether oxygens (including phenoxy) is 2. The van der Waals surface area contributed by atoms with Crippen molar-refractivity contribution in [3.63, 3.8) is 0 Å². The summed E-state index contributed by atoms with van der Waals surface area (Å²) in [5.41, 5.74) is 1.53. The van der Waals surface area contributed by atoms with Gasteiger partial charge in [0.1, 0.15) is 6.04 Å². The Bertz CT molecular complexity index is 858. The van der Waals surface area contributed by atoms with Gasteiger partial charge in [-0.2, -0.15) is 0 Å². The highest BCUT2D eigenvalue weighted by molar-refractivity contribution is 7.99. The van der Waals surface area contributed by atoms with Crippen molar-refractivity contribution in [1.29, 1.82) is 0 Å². The van der Waals surface area contributed by atoms with E-state index in [0.717, 1.165) is 5.56 Å². The van der Waals surface area contributed by atoms with Gasteiger partial charge in [-0.05, 0) is 36.8 Å². The third-order valence-electron chi connectivity index (χ3n) is 4.72. The molecule has 2 amide bonds. The lowest BCUT2D eigenvalue weighted by molar-refractivity contribution is -0.125. The first kappa shape index (κ1) is 17.7. The number of fused-ring (bicyclic) bond motifs is 1. The zero-order chi connectivity index (χ0) is 18.8. The first-order valence-electron chi connectivity index (χ1n) is 8.77. The van der Waals surface area contributed by atoms with Crippen LogP contribution < -0.4 is 14.8 Å². The molecule has 2 aromatic rings. The number of nitrogens with zero attached hydrogens (tertiary/aromatic N) is 1. The Hall–Kier alpha value is -2.67. The third kappa shape index (κ3) is 3.60. The van der Waals surface area contributed by atoms with E-state index in [0.29, 0.717) is 28.7 Å². The molecule has 0 spiro atoms. The van der Waals surface area contributed by atoms with Gasteiger partial charge in [0, 0.05) is 11.3 Å². The number of carbonyl (C=O) groups excluding carboxylic acids is 2. The molecule has 0 saturated carbocycles. The second-order valence-electron chi connectivity index (χ2n) is 6.50. The predicted octanol–water partition coefficient (Wildman–Crippen LogP) is 2.81. The van der Waals surface area contributed by atoms with Crippen LogP contribution in [0.1, 0.15) is 28.9 Å². The van der Waals surface area contributed by atoms with Crippen molar-refractivity contribution in [2.75, 3.05) is 18.4 Å². The molecule has 2 aliphatic heterocycles. The first-order valence-corrected chi connectivity index (χ1v) is 9.92. The van der Waals surface area contributed by atoms with E-state index in [-0.39, 0.29) is 24.6 Å².